The van der Waals surface area contributed by atoms with Gasteiger partial charge in [-0.1, -0.05) is 31.5 Å². The van der Waals surface area contributed by atoms with Crippen LogP contribution in [0.2, 0.25) is 0 Å². The summed E-state index contributed by atoms with van der Waals surface area (Å²) in [5.41, 5.74) is 5.11. The van der Waals surface area contributed by atoms with Crippen molar-refractivity contribution in [2.45, 2.75) is 58.8 Å². The van der Waals surface area contributed by atoms with Crippen molar-refractivity contribution < 1.29 is 14.3 Å². The smallest absolute Gasteiger partial charge is 0.341 e. The number of aryl methyl sites for hydroxylation is 2. The van der Waals surface area contributed by atoms with Crippen molar-refractivity contribution in [3.05, 3.63) is 40.3 Å². The first-order chi connectivity index (χ1) is 13.1. The third-order valence-electron chi connectivity index (χ3n) is 4.94. The van der Waals surface area contributed by atoms with Crippen LogP contribution in [-0.2, 0) is 22.4 Å². The summed E-state index contributed by atoms with van der Waals surface area (Å²) in [6.45, 7) is 4.15. The van der Waals surface area contributed by atoms with Gasteiger partial charge in [-0.15, -0.1) is 11.3 Å². The molecular formula is C22H27NO3S. The van der Waals surface area contributed by atoms with Gasteiger partial charge in [0.25, 0.3) is 0 Å². The molecule has 1 aromatic carbocycles. The normalized spacial score (nSPS) is 13.1. The molecule has 3 rings (SSSR count). The lowest BCUT2D eigenvalue weighted by Crippen LogP contribution is -2.14. The maximum Gasteiger partial charge on any atom is 0.341 e. The second-order valence-electron chi connectivity index (χ2n) is 6.92. The zero-order valence-corrected chi connectivity index (χ0v) is 16.9. The number of fused-ring (bicyclic) bond motifs is 1. The molecule has 1 aromatic heterocycles. The van der Waals surface area contributed by atoms with Gasteiger partial charge in [0.15, 0.2) is 0 Å². The van der Waals surface area contributed by atoms with Gasteiger partial charge >= 0.3 is 5.97 Å². The summed E-state index contributed by atoms with van der Waals surface area (Å²) in [5.74, 6) is -0.432. The van der Waals surface area contributed by atoms with Gasteiger partial charge in [-0.05, 0) is 55.7 Å². The van der Waals surface area contributed by atoms with Crippen molar-refractivity contribution in [1.82, 2.24) is 0 Å². The molecule has 27 heavy (non-hydrogen) atoms. The molecule has 1 aliphatic carbocycles. The van der Waals surface area contributed by atoms with Gasteiger partial charge in [-0.25, -0.2) is 4.79 Å². The molecule has 0 saturated heterocycles. The number of hydrogen-bond acceptors (Lipinski definition) is 4. The van der Waals surface area contributed by atoms with Gasteiger partial charge in [0.1, 0.15) is 10.6 Å². The van der Waals surface area contributed by atoms with Crippen LogP contribution < -0.4 is 5.32 Å². The molecule has 0 saturated carbocycles. The first-order valence-electron chi connectivity index (χ1n) is 9.84. The molecule has 4 nitrogen and oxygen atoms in total. The van der Waals surface area contributed by atoms with E-state index in [0.29, 0.717) is 23.6 Å². The summed E-state index contributed by atoms with van der Waals surface area (Å²) in [4.78, 5) is 24.8. The Morgan fingerprint density at radius 2 is 1.93 bits per heavy atom. The van der Waals surface area contributed by atoms with Gasteiger partial charge < -0.3 is 10.1 Å². The van der Waals surface area contributed by atoms with E-state index in [0.717, 1.165) is 36.8 Å². The van der Waals surface area contributed by atoms with Crippen LogP contribution in [0.3, 0.4) is 0 Å². The number of carbonyl (C=O) groups excluding carboxylic acids is 2. The molecule has 5 heteroatoms. The van der Waals surface area contributed by atoms with E-state index in [-0.39, 0.29) is 11.9 Å². The summed E-state index contributed by atoms with van der Waals surface area (Å²) in [7, 11) is 0. The monoisotopic (exact) mass is 385 g/mol. The second kappa shape index (κ2) is 9.18. The van der Waals surface area contributed by atoms with Crippen molar-refractivity contribution in [2.24, 2.45) is 0 Å². The van der Waals surface area contributed by atoms with E-state index in [1.54, 1.807) is 6.92 Å². The minimum atomic E-state index is -0.378. The largest absolute Gasteiger partial charge is 0.462 e. The minimum absolute atomic E-state index is 0.0544. The van der Waals surface area contributed by atoms with E-state index < -0.39 is 0 Å². The third kappa shape index (κ3) is 4.59. The Labute approximate surface area is 164 Å². The van der Waals surface area contributed by atoms with Crippen molar-refractivity contribution in [1.29, 1.82) is 0 Å². The molecule has 0 fully saturated rings. The predicted molar refractivity (Wildman–Crippen MR) is 111 cm³/mol. The fourth-order valence-electron chi connectivity index (χ4n) is 3.50. The summed E-state index contributed by atoms with van der Waals surface area (Å²) >= 11 is 1.39. The Kier molecular flexibility index (Phi) is 6.67. The predicted octanol–water partition coefficient (Wildman–Crippen LogP) is 5.60. The van der Waals surface area contributed by atoms with Crippen molar-refractivity contribution in [3.8, 4) is 11.1 Å². The second-order valence-corrected chi connectivity index (χ2v) is 7.80. The molecule has 2 aromatic rings. The molecule has 0 bridgehead atoms. The molecule has 1 N–H and O–H groups in total. The van der Waals surface area contributed by atoms with E-state index in [1.807, 2.05) is 5.38 Å². The first kappa shape index (κ1) is 19.6. The summed E-state index contributed by atoms with van der Waals surface area (Å²) in [5, 5.41) is 5.45. The highest BCUT2D eigenvalue weighted by molar-refractivity contribution is 7.15. The maximum absolute atomic E-state index is 12.6. The van der Waals surface area contributed by atoms with Gasteiger partial charge in [0, 0.05) is 17.4 Å². The van der Waals surface area contributed by atoms with E-state index >= 15 is 0 Å². The summed E-state index contributed by atoms with van der Waals surface area (Å²) in [6.07, 6.45) is 6.93. The van der Waals surface area contributed by atoms with Gasteiger partial charge in [0.2, 0.25) is 5.91 Å². The quantitative estimate of drug-likeness (QED) is 0.631. The van der Waals surface area contributed by atoms with Crippen LogP contribution in [0.25, 0.3) is 11.1 Å². The van der Waals surface area contributed by atoms with Crippen molar-refractivity contribution >= 4 is 28.2 Å². The van der Waals surface area contributed by atoms with Crippen LogP contribution in [0.1, 0.15) is 67.4 Å². The van der Waals surface area contributed by atoms with Crippen LogP contribution in [0.5, 0.6) is 0 Å². The number of thiophene rings is 1. The van der Waals surface area contributed by atoms with Crippen molar-refractivity contribution in [3.63, 3.8) is 0 Å². The Morgan fingerprint density at radius 1 is 1.15 bits per heavy atom. The molecule has 1 aliphatic rings. The summed E-state index contributed by atoms with van der Waals surface area (Å²) < 4.78 is 5.28. The SMILES string of the molecule is CCCCC(=O)Nc1scc(-c2ccc3c(c2)CCCC3)c1C(=O)OCC. The van der Waals surface area contributed by atoms with Crippen molar-refractivity contribution in [2.75, 3.05) is 11.9 Å². The Bertz CT molecular complexity index is 825. The van der Waals surface area contributed by atoms with Gasteiger partial charge in [-0.3, -0.25) is 4.79 Å². The molecule has 144 valence electrons. The zero-order valence-electron chi connectivity index (χ0n) is 16.1. The molecule has 0 unspecified atom stereocenters. The van der Waals surface area contributed by atoms with Crippen LogP contribution >= 0.6 is 11.3 Å². The summed E-state index contributed by atoms with van der Waals surface area (Å²) in [6, 6.07) is 6.45. The number of benzene rings is 1. The van der Waals surface area contributed by atoms with Gasteiger partial charge in [0.05, 0.1) is 6.61 Å². The standard InChI is InChI=1S/C22H27NO3S/c1-3-5-10-19(24)23-21-20(22(25)26-4-2)18(14-27-21)17-12-11-15-8-6-7-9-16(15)13-17/h11-14H,3-10H2,1-2H3,(H,23,24). The molecule has 0 radical (unpaired) electrons. The number of hydrogen-bond donors (Lipinski definition) is 1. The highest BCUT2D eigenvalue weighted by atomic mass is 32.1. The molecule has 1 heterocycles. The van der Waals surface area contributed by atoms with E-state index in [9.17, 15) is 9.59 Å². The highest BCUT2D eigenvalue weighted by Gasteiger charge is 2.23. The molecular weight excluding hydrogens is 358 g/mol. The van der Waals surface area contributed by atoms with Gasteiger partial charge in [-0.2, -0.15) is 0 Å². The zero-order chi connectivity index (χ0) is 19.2. The number of nitrogens with one attached hydrogen (secondary N) is 1. The fraction of sp³-hybridized carbons (Fsp3) is 0.455. The average molecular weight is 386 g/mol. The lowest BCUT2D eigenvalue weighted by Gasteiger charge is -2.17. The van der Waals surface area contributed by atoms with E-state index in [1.165, 1.54) is 35.3 Å². The highest BCUT2D eigenvalue weighted by Crippen LogP contribution is 2.38. The first-order valence-corrected chi connectivity index (χ1v) is 10.7. The number of anilines is 1. The average Bonchev–Trinajstić information content (AvgIpc) is 3.09. The number of carbonyl (C=O) groups is 2. The Balaban J connectivity index is 1.95. The number of unbranched alkanes of at least 4 members (excludes halogenated alkanes) is 1. The maximum atomic E-state index is 12.6. The molecule has 0 atom stereocenters. The Hall–Kier alpha value is -2.14. The fourth-order valence-corrected chi connectivity index (χ4v) is 4.47. The molecule has 0 spiro atoms. The minimum Gasteiger partial charge on any atom is -0.462 e. The van der Waals surface area contributed by atoms with E-state index in [4.69, 9.17) is 4.74 Å². The number of ether oxygens (including phenoxy) is 1. The van der Waals surface area contributed by atoms with E-state index in [2.05, 4.69) is 30.4 Å². The van der Waals surface area contributed by atoms with Crippen LogP contribution in [-0.4, -0.2) is 18.5 Å². The number of rotatable bonds is 7. The van der Waals surface area contributed by atoms with Crippen LogP contribution in [0.4, 0.5) is 5.00 Å². The molecule has 1 amide bonds. The lowest BCUT2D eigenvalue weighted by molar-refractivity contribution is -0.116. The number of amides is 1. The van der Waals surface area contributed by atoms with Crippen LogP contribution in [0.15, 0.2) is 23.6 Å². The molecule has 0 aliphatic heterocycles. The topological polar surface area (TPSA) is 55.4 Å². The lowest BCUT2D eigenvalue weighted by atomic mass is 9.89. The third-order valence-corrected chi connectivity index (χ3v) is 5.84. The Morgan fingerprint density at radius 3 is 2.67 bits per heavy atom. The van der Waals surface area contributed by atoms with Crippen LogP contribution in [0, 0.1) is 0 Å². The number of esters is 1.